The summed E-state index contributed by atoms with van der Waals surface area (Å²) in [5.41, 5.74) is 3.86. The largest absolute Gasteiger partial charge is 0.364 e. The van der Waals surface area contributed by atoms with E-state index in [2.05, 4.69) is 22.2 Å². The molecule has 6 nitrogen and oxygen atoms in total. The van der Waals surface area contributed by atoms with Crippen LogP contribution < -0.4 is 0 Å². The van der Waals surface area contributed by atoms with E-state index in [1.54, 1.807) is 6.26 Å². The van der Waals surface area contributed by atoms with Gasteiger partial charge in [-0.05, 0) is 18.6 Å². The fraction of sp³-hybridized carbons (Fsp3) is 0.364. The molecular weight excluding hydrogens is 250 g/mol. The summed E-state index contributed by atoms with van der Waals surface area (Å²) in [5.74, 6) is 0. The number of aryl methyl sites for hydroxylation is 2. The molecule has 0 aliphatic rings. The van der Waals surface area contributed by atoms with E-state index < -0.39 is 0 Å². The second-order valence-corrected chi connectivity index (χ2v) is 4.52. The van der Waals surface area contributed by atoms with Crippen LogP contribution in [0.25, 0.3) is 11.2 Å². The highest BCUT2D eigenvalue weighted by Crippen LogP contribution is 2.19. The molecule has 0 saturated heterocycles. The van der Waals surface area contributed by atoms with Crippen molar-refractivity contribution < 1.29 is 4.52 Å². The molecule has 1 N–H and O–H groups in total. The summed E-state index contributed by atoms with van der Waals surface area (Å²) in [6.45, 7) is 2.66. The third-order valence-corrected chi connectivity index (χ3v) is 3.29. The average molecular weight is 263 g/mol. The molecule has 0 saturated carbocycles. The molecule has 7 heteroatoms. The van der Waals surface area contributed by atoms with Gasteiger partial charge >= 0.3 is 0 Å². The van der Waals surface area contributed by atoms with Crippen LogP contribution in [-0.2, 0) is 20.0 Å². The second kappa shape index (κ2) is 4.09. The number of H-pyrrole nitrogens is 1. The van der Waals surface area contributed by atoms with Crippen LogP contribution in [0.5, 0.6) is 0 Å². The lowest BCUT2D eigenvalue weighted by Crippen LogP contribution is -2.04. The molecular formula is C11H13N5OS. The Balaban J connectivity index is 2.19. The fourth-order valence-electron chi connectivity index (χ4n) is 2.15. The first-order valence-corrected chi connectivity index (χ1v) is 6.15. The lowest BCUT2D eigenvalue weighted by atomic mass is 10.3. The molecule has 0 atom stereocenters. The summed E-state index contributed by atoms with van der Waals surface area (Å²) < 4.78 is 9.35. The van der Waals surface area contributed by atoms with Crippen molar-refractivity contribution in [1.29, 1.82) is 0 Å². The predicted molar refractivity (Wildman–Crippen MR) is 68.9 cm³/mol. The first-order valence-electron chi connectivity index (χ1n) is 5.74. The van der Waals surface area contributed by atoms with E-state index in [9.17, 15) is 0 Å². The molecule has 0 aliphatic carbocycles. The van der Waals surface area contributed by atoms with Gasteiger partial charge in [-0.25, -0.2) is 0 Å². The third-order valence-electron chi connectivity index (χ3n) is 2.97. The van der Waals surface area contributed by atoms with Crippen LogP contribution >= 0.6 is 12.2 Å². The molecule has 3 aromatic rings. The smallest absolute Gasteiger partial charge is 0.179 e. The highest BCUT2D eigenvalue weighted by Gasteiger charge is 2.14. The van der Waals surface area contributed by atoms with Crippen molar-refractivity contribution in [2.45, 2.75) is 19.9 Å². The number of nitrogens with one attached hydrogen (secondary N) is 1. The Bertz CT molecular complexity index is 733. The molecule has 0 unspecified atom stereocenters. The highest BCUT2D eigenvalue weighted by molar-refractivity contribution is 7.71. The van der Waals surface area contributed by atoms with E-state index in [-0.39, 0.29) is 0 Å². The Labute approximate surface area is 108 Å². The summed E-state index contributed by atoms with van der Waals surface area (Å²) in [5, 5.41) is 8.38. The van der Waals surface area contributed by atoms with Gasteiger partial charge in [-0.15, -0.1) is 0 Å². The molecule has 0 bridgehead atoms. The number of hydrogen-bond donors (Lipinski definition) is 1. The molecule has 0 amide bonds. The van der Waals surface area contributed by atoms with Crippen molar-refractivity contribution in [3.05, 3.63) is 28.5 Å². The molecule has 3 heterocycles. The maximum absolute atomic E-state index is 5.35. The molecule has 0 radical (unpaired) electrons. The SMILES string of the molecule is CCc1nn(C)c2c1[nH]c(=S)n2Cc1ccon1. The maximum Gasteiger partial charge on any atom is 0.179 e. The number of imidazole rings is 1. The Morgan fingerprint density at radius 2 is 2.33 bits per heavy atom. The van der Waals surface area contributed by atoms with Crippen LogP contribution in [0.3, 0.4) is 0 Å². The average Bonchev–Trinajstić information content (AvgIpc) is 3.01. The quantitative estimate of drug-likeness (QED) is 0.734. The minimum Gasteiger partial charge on any atom is -0.364 e. The van der Waals surface area contributed by atoms with Crippen molar-refractivity contribution >= 4 is 23.4 Å². The molecule has 0 fully saturated rings. The minimum absolute atomic E-state index is 0.581. The zero-order valence-corrected chi connectivity index (χ0v) is 11.0. The van der Waals surface area contributed by atoms with E-state index in [1.807, 2.05) is 22.4 Å². The normalized spacial score (nSPS) is 11.4. The van der Waals surface area contributed by atoms with Crippen molar-refractivity contribution in [1.82, 2.24) is 24.5 Å². The van der Waals surface area contributed by atoms with Crippen LogP contribution in [0, 0.1) is 4.77 Å². The second-order valence-electron chi connectivity index (χ2n) is 4.13. The van der Waals surface area contributed by atoms with Gasteiger partial charge in [0.1, 0.15) is 17.5 Å². The number of aromatic amines is 1. The van der Waals surface area contributed by atoms with Crippen LogP contribution in [-0.4, -0.2) is 24.5 Å². The van der Waals surface area contributed by atoms with Crippen LogP contribution in [0.2, 0.25) is 0 Å². The van der Waals surface area contributed by atoms with Crippen LogP contribution in [0.1, 0.15) is 18.3 Å². The van der Waals surface area contributed by atoms with Gasteiger partial charge in [-0.1, -0.05) is 12.1 Å². The Morgan fingerprint density at radius 3 is 3.00 bits per heavy atom. The van der Waals surface area contributed by atoms with Gasteiger partial charge in [0.15, 0.2) is 10.4 Å². The van der Waals surface area contributed by atoms with E-state index in [1.165, 1.54) is 0 Å². The van der Waals surface area contributed by atoms with E-state index in [4.69, 9.17) is 16.7 Å². The minimum atomic E-state index is 0.581. The Kier molecular flexibility index (Phi) is 2.55. The van der Waals surface area contributed by atoms with Crippen molar-refractivity contribution in [2.75, 3.05) is 0 Å². The molecule has 0 spiro atoms. The predicted octanol–water partition coefficient (Wildman–Crippen LogP) is 2.03. The Morgan fingerprint density at radius 1 is 1.50 bits per heavy atom. The van der Waals surface area contributed by atoms with Crippen molar-refractivity contribution in [2.24, 2.45) is 7.05 Å². The Hall–Kier alpha value is -1.89. The molecule has 3 aromatic heterocycles. The van der Waals surface area contributed by atoms with Crippen molar-refractivity contribution in [3.63, 3.8) is 0 Å². The summed E-state index contributed by atoms with van der Waals surface area (Å²) in [6, 6.07) is 1.83. The summed E-state index contributed by atoms with van der Waals surface area (Å²) in [6.07, 6.45) is 2.43. The molecule has 94 valence electrons. The zero-order chi connectivity index (χ0) is 12.7. The summed E-state index contributed by atoms with van der Waals surface area (Å²) >= 11 is 5.35. The number of hydrogen-bond acceptors (Lipinski definition) is 4. The van der Waals surface area contributed by atoms with Crippen LogP contribution in [0.4, 0.5) is 0 Å². The third kappa shape index (κ3) is 1.59. The number of fused-ring (bicyclic) bond motifs is 1. The fourth-order valence-corrected chi connectivity index (χ4v) is 2.41. The van der Waals surface area contributed by atoms with Gasteiger partial charge < -0.3 is 9.51 Å². The van der Waals surface area contributed by atoms with E-state index >= 15 is 0 Å². The first kappa shape index (κ1) is 11.2. The van der Waals surface area contributed by atoms with Gasteiger partial charge in [0.25, 0.3) is 0 Å². The zero-order valence-electron chi connectivity index (χ0n) is 10.2. The monoisotopic (exact) mass is 263 g/mol. The molecule has 0 aliphatic heterocycles. The lowest BCUT2D eigenvalue weighted by Gasteiger charge is -2.01. The topological polar surface area (TPSA) is 64.6 Å². The van der Waals surface area contributed by atoms with E-state index in [0.717, 1.165) is 29.0 Å². The number of rotatable bonds is 3. The number of nitrogens with zero attached hydrogens (tertiary/aromatic N) is 4. The lowest BCUT2D eigenvalue weighted by molar-refractivity contribution is 0.409. The van der Waals surface area contributed by atoms with Gasteiger partial charge in [0, 0.05) is 13.1 Å². The standard InChI is InChI=1S/C11H13N5OS/c1-3-8-9-10(15(2)13-8)16(11(18)12-9)6-7-4-5-17-14-7/h4-5H,3,6H2,1-2H3,(H,12,18). The highest BCUT2D eigenvalue weighted by atomic mass is 32.1. The van der Waals surface area contributed by atoms with Crippen molar-refractivity contribution in [3.8, 4) is 0 Å². The molecule has 3 rings (SSSR count). The summed E-state index contributed by atoms with van der Waals surface area (Å²) in [7, 11) is 1.92. The first-order chi connectivity index (χ1) is 8.70. The van der Waals surface area contributed by atoms with E-state index in [0.29, 0.717) is 11.3 Å². The van der Waals surface area contributed by atoms with Gasteiger partial charge in [0.2, 0.25) is 0 Å². The van der Waals surface area contributed by atoms with Gasteiger partial charge in [-0.3, -0.25) is 9.25 Å². The number of aromatic nitrogens is 5. The van der Waals surface area contributed by atoms with Gasteiger partial charge in [0.05, 0.1) is 12.2 Å². The summed E-state index contributed by atoms with van der Waals surface area (Å²) in [4.78, 5) is 3.22. The van der Waals surface area contributed by atoms with Gasteiger partial charge in [-0.2, -0.15) is 5.10 Å². The maximum atomic E-state index is 5.35. The molecule has 18 heavy (non-hydrogen) atoms. The van der Waals surface area contributed by atoms with Crippen LogP contribution in [0.15, 0.2) is 16.9 Å². The molecule has 0 aromatic carbocycles.